The summed E-state index contributed by atoms with van der Waals surface area (Å²) in [6, 6.07) is 0. The second-order valence-corrected chi connectivity index (χ2v) is 4.30. The molecular weight excluding hydrogens is 134 g/mol. The highest BCUT2D eigenvalue weighted by Crippen LogP contribution is 2.44. The van der Waals surface area contributed by atoms with Crippen LogP contribution in [-0.2, 0) is 0 Å². The van der Waals surface area contributed by atoms with Crippen LogP contribution in [0.1, 0.15) is 39.0 Å². The van der Waals surface area contributed by atoms with Gasteiger partial charge < -0.3 is 5.32 Å². The summed E-state index contributed by atoms with van der Waals surface area (Å²) in [6.07, 6.45) is 7.40. The lowest BCUT2D eigenvalue weighted by atomic mass is 9.68. The van der Waals surface area contributed by atoms with E-state index in [2.05, 4.69) is 12.2 Å². The highest BCUT2D eigenvalue weighted by Gasteiger charge is 2.42. The lowest BCUT2D eigenvalue weighted by Crippen LogP contribution is -2.56. The van der Waals surface area contributed by atoms with E-state index in [1.807, 2.05) is 0 Å². The molecule has 11 heavy (non-hydrogen) atoms. The standard InChI is InChI=1S/C10H19N/c1-2-10(7-11-8-10)9-5-3-4-6-9/h9,11H,2-8H2,1H3. The second kappa shape index (κ2) is 2.78. The van der Waals surface area contributed by atoms with E-state index in [0.717, 1.165) is 11.3 Å². The van der Waals surface area contributed by atoms with Gasteiger partial charge >= 0.3 is 0 Å². The van der Waals surface area contributed by atoms with Crippen LogP contribution < -0.4 is 5.32 Å². The number of nitrogens with one attached hydrogen (secondary N) is 1. The molecule has 1 nitrogen and oxygen atoms in total. The Balaban J connectivity index is 1.99. The Bertz CT molecular complexity index is 126. The van der Waals surface area contributed by atoms with E-state index in [4.69, 9.17) is 0 Å². The number of hydrogen-bond acceptors (Lipinski definition) is 1. The third-order valence-electron chi connectivity index (χ3n) is 3.88. The van der Waals surface area contributed by atoms with Crippen molar-refractivity contribution in [2.75, 3.05) is 13.1 Å². The molecule has 1 heterocycles. The zero-order valence-corrected chi connectivity index (χ0v) is 7.53. The summed E-state index contributed by atoms with van der Waals surface area (Å²) < 4.78 is 0. The van der Waals surface area contributed by atoms with Crippen molar-refractivity contribution in [3.05, 3.63) is 0 Å². The molecule has 0 amide bonds. The first-order valence-corrected chi connectivity index (χ1v) is 5.08. The zero-order valence-electron chi connectivity index (χ0n) is 7.53. The molecule has 0 aromatic heterocycles. The molecule has 2 aliphatic rings. The lowest BCUT2D eigenvalue weighted by molar-refractivity contribution is 0.0761. The third-order valence-corrected chi connectivity index (χ3v) is 3.88. The van der Waals surface area contributed by atoms with Crippen molar-refractivity contribution in [3.63, 3.8) is 0 Å². The molecule has 1 N–H and O–H groups in total. The van der Waals surface area contributed by atoms with Crippen molar-refractivity contribution in [1.29, 1.82) is 0 Å². The number of rotatable bonds is 2. The summed E-state index contributed by atoms with van der Waals surface area (Å²) >= 11 is 0. The van der Waals surface area contributed by atoms with E-state index in [9.17, 15) is 0 Å². The van der Waals surface area contributed by atoms with E-state index in [0.29, 0.717) is 0 Å². The summed E-state index contributed by atoms with van der Waals surface area (Å²) in [5.74, 6) is 1.06. The molecule has 0 spiro atoms. The molecular formula is C10H19N. The maximum absolute atomic E-state index is 3.43. The molecule has 1 aliphatic heterocycles. The maximum atomic E-state index is 3.43. The molecule has 2 rings (SSSR count). The smallest absolute Gasteiger partial charge is 0.00228 e. The first kappa shape index (κ1) is 7.60. The van der Waals surface area contributed by atoms with Gasteiger partial charge in [-0.05, 0) is 30.6 Å². The van der Waals surface area contributed by atoms with Crippen LogP contribution in [0.25, 0.3) is 0 Å². The Hall–Kier alpha value is -0.0400. The third kappa shape index (κ3) is 1.10. The topological polar surface area (TPSA) is 12.0 Å². The van der Waals surface area contributed by atoms with Gasteiger partial charge in [-0.3, -0.25) is 0 Å². The molecule has 0 radical (unpaired) electrons. The van der Waals surface area contributed by atoms with Crippen LogP contribution >= 0.6 is 0 Å². The predicted molar refractivity (Wildman–Crippen MR) is 47.6 cm³/mol. The molecule has 64 valence electrons. The Labute approximate surface area is 69.6 Å². The van der Waals surface area contributed by atoms with Gasteiger partial charge in [0, 0.05) is 13.1 Å². The average Bonchev–Trinajstić information content (AvgIpc) is 2.39. The van der Waals surface area contributed by atoms with E-state index in [-0.39, 0.29) is 0 Å². The van der Waals surface area contributed by atoms with Crippen LogP contribution in [0.4, 0.5) is 0 Å². The molecule has 1 saturated heterocycles. The zero-order chi connectivity index (χ0) is 7.73. The van der Waals surface area contributed by atoms with Crippen molar-refractivity contribution in [3.8, 4) is 0 Å². The van der Waals surface area contributed by atoms with Crippen molar-refractivity contribution >= 4 is 0 Å². The monoisotopic (exact) mass is 153 g/mol. The molecule has 0 atom stereocenters. The van der Waals surface area contributed by atoms with E-state index < -0.39 is 0 Å². The van der Waals surface area contributed by atoms with Gasteiger partial charge in [-0.25, -0.2) is 0 Å². The summed E-state index contributed by atoms with van der Waals surface area (Å²) in [5.41, 5.74) is 0.733. The summed E-state index contributed by atoms with van der Waals surface area (Å²) in [7, 11) is 0. The van der Waals surface area contributed by atoms with Gasteiger partial charge in [-0.1, -0.05) is 19.8 Å². The minimum atomic E-state index is 0.733. The molecule has 0 aromatic carbocycles. The Morgan fingerprint density at radius 2 is 1.91 bits per heavy atom. The first-order chi connectivity index (χ1) is 5.37. The van der Waals surface area contributed by atoms with Gasteiger partial charge in [0.15, 0.2) is 0 Å². The quantitative estimate of drug-likeness (QED) is 0.641. The van der Waals surface area contributed by atoms with Crippen LogP contribution in [0.2, 0.25) is 0 Å². The van der Waals surface area contributed by atoms with Crippen molar-refractivity contribution in [2.45, 2.75) is 39.0 Å². The van der Waals surface area contributed by atoms with Crippen molar-refractivity contribution in [2.24, 2.45) is 11.3 Å². The highest BCUT2D eigenvalue weighted by molar-refractivity contribution is 4.97. The average molecular weight is 153 g/mol. The largest absolute Gasteiger partial charge is 0.316 e. The van der Waals surface area contributed by atoms with Gasteiger partial charge in [0.25, 0.3) is 0 Å². The van der Waals surface area contributed by atoms with Crippen molar-refractivity contribution < 1.29 is 0 Å². The van der Waals surface area contributed by atoms with Gasteiger partial charge in [0.1, 0.15) is 0 Å². The Kier molecular flexibility index (Phi) is 1.92. The normalized spacial score (nSPS) is 30.3. The molecule has 2 fully saturated rings. The number of hydrogen-bond donors (Lipinski definition) is 1. The maximum Gasteiger partial charge on any atom is 0.00228 e. The van der Waals surface area contributed by atoms with E-state index >= 15 is 0 Å². The SMILES string of the molecule is CCC1(C2CCCC2)CNC1. The fourth-order valence-electron chi connectivity index (χ4n) is 2.81. The Morgan fingerprint density at radius 3 is 2.27 bits per heavy atom. The van der Waals surface area contributed by atoms with Crippen molar-refractivity contribution in [1.82, 2.24) is 5.32 Å². The van der Waals surface area contributed by atoms with Crippen LogP contribution in [0.15, 0.2) is 0 Å². The minimum absolute atomic E-state index is 0.733. The lowest BCUT2D eigenvalue weighted by Gasteiger charge is -2.47. The second-order valence-electron chi connectivity index (χ2n) is 4.30. The summed E-state index contributed by atoms with van der Waals surface area (Å²) in [5, 5.41) is 3.43. The minimum Gasteiger partial charge on any atom is -0.316 e. The highest BCUT2D eigenvalue weighted by atomic mass is 15.0. The van der Waals surface area contributed by atoms with Crippen LogP contribution in [0, 0.1) is 11.3 Å². The molecule has 0 bridgehead atoms. The van der Waals surface area contributed by atoms with Gasteiger partial charge in [0.2, 0.25) is 0 Å². The van der Waals surface area contributed by atoms with Crippen LogP contribution in [0.3, 0.4) is 0 Å². The molecule has 1 saturated carbocycles. The van der Waals surface area contributed by atoms with E-state index in [1.54, 1.807) is 0 Å². The summed E-state index contributed by atoms with van der Waals surface area (Å²) in [6.45, 7) is 4.96. The fraction of sp³-hybridized carbons (Fsp3) is 1.00. The van der Waals surface area contributed by atoms with E-state index in [1.165, 1.54) is 45.2 Å². The van der Waals surface area contributed by atoms with Crippen LogP contribution in [-0.4, -0.2) is 13.1 Å². The van der Waals surface area contributed by atoms with Gasteiger partial charge in [-0.2, -0.15) is 0 Å². The Morgan fingerprint density at radius 1 is 1.27 bits per heavy atom. The fourth-order valence-corrected chi connectivity index (χ4v) is 2.81. The van der Waals surface area contributed by atoms with Gasteiger partial charge in [0.05, 0.1) is 0 Å². The van der Waals surface area contributed by atoms with Crippen LogP contribution in [0.5, 0.6) is 0 Å². The van der Waals surface area contributed by atoms with Gasteiger partial charge in [-0.15, -0.1) is 0 Å². The summed E-state index contributed by atoms with van der Waals surface area (Å²) in [4.78, 5) is 0. The molecule has 0 aromatic rings. The molecule has 0 unspecified atom stereocenters. The predicted octanol–water partition coefficient (Wildman–Crippen LogP) is 2.18. The molecule has 1 aliphatic carbocycles. The first-order valence-electron chi connectivity index (χ1n) is 5.08. The molecule has 1 heteroatoms.